The van der Waals surface area contributed by atoms with E-state index < -0.39 is 0 Å². The van der Waals surface area contributed by atoms with E-state index in [4.69, 9.17) is 11.6 Å². The van der Waals surface area contributed by atoms with Crippen molar-refractivity contribution in [2.45, 2.75) is 45.2 Å². The van der Waals surface area contributed by atoms with E-state index in [0.717, 1.165) is 37.5 Å². The van der Waals surface area contributed by atoms with Gasteiger partial charge in [-0.15, -0.1) is 10.2 Å². The molecule has 0 fully saturated rings. The highest BCUT2D eigenvalue weighted by Gasteiger charge is 2.21. The molecule has 0 aliphatic carbocycles. The van der Waals surface area contributed by atoms with Crippen molar-refractivity contribution in [3.05, 3.63) is 46.5 Å². The summed E-state index contributed by atoms with van der Waals surface area (Å²) < 4.78 is 2.14. The summed E-state index contributed by atoms with van der Waals surface area (Å²) in [5.74, 6) is 1.65. The maximum Gasteiger partial charge on any atom is 0.253 e. The number of fused-ring (bicyclic) bond motifs is 1. The molecule has 2 heterocycles. The lowest BCUT2D eigenvalue weighted by molar-refractivity contribution is 0.0937. The van der Waals surface area contributed by atoms with Crippen LogP contribution in [0.2, 0.25) is 5.02 Å². The second kappa shape index (κ2) is 6.48. The molecule has 1 atom stereocenters. The highest BCUT2D eigenvalue weighted by molar-refractivity contribution is 6.33. The third-order valence-electron chi connectivity index (χ3n) is 3.99. The maximum atomic E-state index is 12.4. The Morgan fingerprint density at radius 2 is 2.09 bits per heavy atom. The van der Waals surface area contributed by atoms with Crippen molar-refractivity contribution in [1.82, 2.24) is 20.1 Å². The Kier molecular flexibility index (Phi) is 4.43. The van der Waals surface area contributed by atoms with E-state index in [2.05, 4.69) is 20.1 Å². The molecule has 0 unspecified atom stereocenters. The highest BCUT2D eigenvalue weighted by atomic mass is 35.5. The van der Waals surface area contributed by atoms with Gasteiger partial charge >= 0.3 is 0 Å². The molecule has 0 saturated carbocycles. The molecule has 1 aliphatic heterocycles. The van der Waals surface area contributed by atoms with Gasteiger partial charge in [-0.25, -0.2) is 0 Å². The summed E-state index contributed by atoms with van der Waals surface area (Å²) in [5.41, 5.74) is 0.478. The van der Waals surface area contributed by atoms with Crippen molar-refractivity contribution in [1.29, 1.82) is 0 Å². The first-order valence-electron chi connectivity index (χ1n) is 7.64. The molecular formula is C16H19ClN4O. The van der Waals surface area contributed by atoms with Gasteiger partial charge in [0.1, 0.15) is 5.82 Å². The summed E-state index contributed by atoms with van der Waals surface area (Å²) in [5, 5.41) is 12.0. The van der Waals surface area contributed by atoms with Crippen molar-refractivity contribution >= 4 is 17.5 Å². The summed E-state index contributed by atoms with van der Waals surface area (Å²) in [7, 11) is 0. The maximum absolute atomic E-state index is 12.4. The lowest BCUT2D eigenvalue weighted by atomic mass is 10.2. The summed E-state index contributed by atoms with van der Waals surface area (Å²) >= 11 is 6.07. The number of nitrogens with one attached hydrogen (secondary N) is 1. The van der Waals surface area contributed by atoms with E-state index in [9.17, 15) is 4.79 Å². The molecule has 0 radical (unpaired) electrons. The quantitative estimate of drug-likeness (QED) is 0.945. The fraction of sp³-hybridized carbons (Fsp3) is 0.438. The standard InChI is InChI=1S/C16H19ClN4O/c1-11(18-16(22)12-7-4-5-8-13(12)17)15-20-19-14-9-3-2-6-10-21(14)15/h4-5,7-8,11H,2-3,6,9-10H2,1H3,(H,18,22)/t11-/m0/s1. The Balaban J connectivity index is 1.78. The molecule has 0 saturated heterocycles. The van der Waals surface area contributed by atoms with Gasteiger partial charge in [0.2, 0.25) is 0 Å². The number of benzene rings is 1. The molecule has 3 rings (SSSR count). The van der Waals surface area contributed by atoms with Crippen molar-refractivity contribution in [3.63, 3.8) is 0 Å². The van der Waals surface area contributed by atoms with Gasteiger partial charge in [-0.1, -0.05) is 30.2 Å². The van der Waals surface area contributed by atoms with Crippen LogP contribution in [-0.4, -0.2) is 20.7 Å². The number of hydrogen-bond acceptors (Lipinski definition) is 3. The van der Waals surface area contributed by atoms with Crippen LogP contribution in [0.25, 0.3) is 0 Å². The van der Waals surface area contributed by atoms with Crippen LogP contribution in [-0.2, 0) is 13.0 Å². The zero-order valence-electron chi connectivity index (χ0n) is 12.6. The summed E-state index contributed by atoms with van der Waals surface area (Å²) in [4.78, 5) is 12.4. The van der Waals surface area contributed by atoms with Gasteiger partial charge in [-0.2, -0.15) is 0 Å². The van der Waals surface area contributed by atoms with E-state index in [-0.39, 0.29) is 11.9 Å². The molecule has 22 heavy (non-hydrogen) atoms. The number of amides is 1. The largest absolute Gasteiger partial charge is 0.342 e. The van der Waals surface area contributed by atoms with Gasteiger partial charge in [0.05, 0.1) is 16.6 Å². The fourth-order valence-electron chi connectivity index (χ4n) is 2.81. The summed E-state index contributed by atoms with van der Waals surface area (Å²) in [6, 6.07) is 6.83. The Labute approximate surface area is 134 Å². The number of aromatic nitrogens is 3. The molecule has 0 bridgehead atoms. The van der Waals surface area contributed by atoms with Crippen molar-refractivity contribution in [2.24, 2.45) is 0 Å². The second-order valence-corrected chi connectivity index (χ2v) is 6.02. The lowest BCUT2D eigenvalue weighted by Crippen LogP contribution is -2.29. The minimum atomic E-state index is -0.205. The summed E-state index contributed by atoms with van der Waals surface area (Å²) in [6.45, 7) is 2.85. The fourth-order valence-corrected chi connectivity index (χ4v) is 3.03. The van der Waals surface area contributed by atoms with Crippen LogP contribution in [0.15, 0.2) is 24.3 Å². The number of carbonyl (C=O) groups is 1. The van der Waals surface area contributed by atoms with Crippen LogP contribution in [0, 0.1) is 0 Å². The van der Waals surface area contributed by atoms with E-state index in [1.54, 1.807) is 24.3 Å². The van der Waals surface area contributed by atoms with Gasteiger partial charge in [0.15, 0.2) is 5.82 Å². The molecule has 116 valence electrons. The van der Waals surface area contributed by atoms with Crippen LogP contribution < -0.4 is 5.32 Å². The van der Waals surface area contributed by atoms with Gasteiger partial charge in [0.25, 0.3) is 5.91 Å². The number of hydrogen-bond donors (Lipinski definition) is 1. The topological polar surface area (TPSA) is 59.8 Å². The number of halogens is 1. The third-order valence-corrected chi connectivity index (χ3v) is 4.32. The monoisotopic (exact) mass is 318 g/mol. The first-order chi connectivity index (χ1) is 10.7. The molecule has 1 amide bonds. The summed E-state index contributed by atoms with van der Waals surface area (Å²) in [6.07, 6.45) is 4.45. The van der Waals surface area contributed by atoms with Crippen LogP contribution in [0.3, 0.4) is 0 Å². The normalized spacial score (nSPS) is 15.7. The van der Waals surface area contributed by atoms with E-state index in [0.29, 0.717) is 10.6 Å². The van der Waals surface area contributed by atoms with Gasteiger partial charge in [-0.05, 0) is 31.9 Å². The van der Waals surface area contributed by atoms with E-state index >= 15 is 0 Å². The number of aryl methyl sites for hydroxylation is 1. The molecule has 6 heteroatoms. The number of carbonyl (C=O) groups excluding carboxylic acids is 1. The van der Waals surface area contributed by atoms with Gasteiger partial charge in [-0.3, -0.25) is 4.79 Å². The van der Waals surface area contributed by atoms with Crippen LogP contribution >= 0.6 is 11.6 Å². The molecule has 5 nitrogen and oxygen atoms in total. The Morgan fingerprint density at radius 3 is 2.91 bits per heavy atom. The van der Waals surface area contributed by atoms with E-state index in [1.807, 2.05) is 6.92 Å². The van der Waals surface area contributed by atoms with Gasteiger partial charge in [0, 0.05) is 13.0 Å². The molecule has 1 aromatic heterocycles. The molecule has 0 spiro atoms. The smallest absolute Gasteiger partial charge is 0.253 e. The highest BCUT2D eigenvalue weighted by Crippen LogP contribution is 2.20. The molecule has 1 aromatic carbocycles. The predicted octanol–water partition coefficient (Wildman–Crippen LogP) is 3.15. The Hall–Kier alpha value is -1.88. The zero-order valence-corrected chi connectivity index (χ0v) is 13.3. The molecule has 1 aliphatic rings. The lowest BCUT2D eigenvalue weighted by Gasteiger charge is -2.15. The third kappa shape index (κ3) is 2.99. The minimum absolute atomic E-state index is 0.191. The minimum Gasteiger partial charge on any atom is -0.342 e. The Bertz CT molecular complexity index is 683. The van der Waals surface area contributed by atoms with Crippen molar-refractivity contribution in [2.75, 3.05) is 0 Å². The first-order valence-corrected chi connectivity index (χ1v) is 8.02. The molecule has 2 aromatic rings. The first kappa shape index (κ1) is 15.0. The van der Waals surface area contributed by atoms with Crippen molar-refractivity contribution in [3.8, 4) is 0 Å². The van der Waals surface area contributed by atoms with Crippen molar-refractivity contribution < 1.29 is 4.79 Å². The van der Waals surface area contributed by atoms with Crippen LogP contribution in [0.1, 0.15) is 54.2 Å². The zero-order chi connectivity index (χ0) is 15.5. The van der Waals surface area contributed by atoms with Crippen LogP contribution in [0.4, 0.5) is 0 Å². The average molecular weight is 319 g/mol. The molecular weight excluding hydrogens is 300 g/mol. The SMILES string of the molecule is C[C@H](NC(=O)c1ccccc1Cl)c1nnc2n1CCCCC2. The average Bonchev–Trinajstić information content (AvgIpc) is 2.77. The number of nitrogens with zero attached hydrogens (tertiary/aromatic N) is 3. The predicted molar refractivity (Wildman–Crippen MR) is 84.9 cm³/mol. The second-order valence-electron chi connectivity index (χ2n) is 5.61. The van der Waals surface area contributed by atoms with E-state index in [1.165, 1.54) is 6.42 Å². The van der Waals surface area contributed by atoms with Gasteiger partial charge < -0.3 is 9.88 Å². The number of rotatable bonds is 3. The Morgan fingerprint density at radius 1 is 1.27 bits per heavy atom. The molecule has 1 N–H and O–H groups in total. The van der Waals surface area contributed by atoms with Crippen LogP contribution in [0.5, 0.6) is 0 Å².